The number of fused-ring (bicyclic) bond motifs is 1. The van der Waals surface area contributed by atoms with Gasteiger partial charge < -0.3 is 10.2 Å². The lowest BCUT2D eigenvalue weighted by molar-refractivity contribution is 0.0724. The number of likely N-dealkylation sites (N-methyl/N-ethyl adjacent to an activating group) is 1. The minimum absolute atomic E-state index is 0. The van der Waals surface area contributed by atoms with E-state index in [9.17, 15) is 9.59 Å². The molecular weight excluding hydrogens is 426 g/mol. The molecule has 1 N–H and O–H groups in total. The molecule has 0 fully saturated rings. The normalized spacial score (nSPS) is 11.9. The van der Waals surface area contributed by atoms with Gasteiger partial charge in [-0.25, -0.2) is 9.50 Å². The molecule has 7 heteroatoms. The van der Waals surface area contributed by atoms with Gasteiger partial charge in [0, 0.05) is 33.0 Å². The summed E-state index contributed by atoms with van der Waals surface area (Å²) >= 11 is 0. The number of rotatable bonds is 8. The van der Waals surface area contributed by atoms with Crippen LogP contribution in [0.4, 0.5) is 0 Å². The molecule has 1 atom stereocenters. The Morgan fingerprint density at radius 1 is 1.03 bits per heavy atom. The van der Waals surface area contributed by atoms with Gasteiger partial charge in [0.25, 0.3) is 11.8 Å². The Morgan fingerprint density at radius 2 is 1.79 bits per heavy atom. The Kier molecular flexibility index (Phi) is 7.01. The predicted octanol–water partition coefficient (Wildman–Crippen LogP) is 4.10. The summed E-state index contributed by atoms with van der Waals surface area (Å²) in [5.74, 6) is -0.291. The highest BCUT2D eigenvalue weighted by Crippen LogP contribution is 2.20. The van der Waals surface area contributed by atoms with Gasteiger partial charge in [0.2, 0.25) is 0 Å². The largest absolute Gasteiger partial charge is 0.351 e. The fraction of sp³-hybridized carbons (Fsp3) is 0.259. The van der Waals surface area contributed by atoms with Crippen LogP contribution in [0.25, 0.3) is 5.52 Å². The maximum absolute atomic E-state index is 13.6. The van der Waals surface area contributed by atoms with Gasteiger partial charge in [-0.1, -0.05) is 42.5 Å². The number of aryl methyl sites for hydroxylation is 2. The van der Waals surface area contributed by atoms with E-state index in [1.807, 2.05) is 75.6 Å². The zero-order chi connectivity index (χ0) is 24.1. The Labute approximate surface area is 200 Å². The van der Waals surface area contributed by atoms with E-state index in [0.717, 1.165) is 16.8 Å². The monoisotopic (exact) mass is 457 g/mol. The smallest absolute Gasteiger partial charge is 0.269 e. The summed E-state index contributed by atoms with van der Waals surface area (Å²) in [6.07, 6.45) is 3.13. The number of hydrogen-bond acceptors (Lipinski definition) is 4. The number of carbonyl (C=O) groups excluding carboxylic acids is 2. The average Bonchev–Trinajstić information content (AvgIpc) is 3.18. The first-order valence-corrected chi connectivity index (χ1v) is 11.4. The highest BCUT2D eigenvalue weighted by molar-refractivity contribution is 6.02. The first kappa shape index (κ1) is 23.2. The molecule has 0 spiro atoms. The topological polar surface area (TPSA) is 79.6 Å². The summed E-state index contributed by atoms with van der Waals surface area (Å²) in [7, 11) is 1.83. The molecule has 0 unspecified atom stereocenters. The lowest BCUT2D eigenvalue weighted by atomic mass is 10.0. The Morgan fingerprint density at radius 3 is 2.56 bits per heavy atom. The highest BCUT2D eigenvalue weighted by Gasteiger charge is 2.26. The first-order valence-electron chi connectivity index (χ1n) is 11.4. The molecule has 4 rings (SSSR count). The predicted molar refractivity (Wildman–Crippen MR) is 134 cm³/mol. The van der Waals surface area contributed by atoms with Gasteiger partial charge in [-0.2, -0.15) is 5.10 Å². The van der Waals surface area contributed by atoms with Crippen molar-refractivity contribution in [3.8, 4) is 0 Å². The second-order valence-corrected chi connectivity index (χ2v) is 8.46. The quantitative estimate of drug-likeness (QED) is 0.432. The molecule has 0 saturated carbocycles. The maximum atomic E-state index is 13.6. The number of nitrogens with one attached hydrogen (secondary N) is 1. The summed E-state index contributed by atoms with van der Waals surface area (Å²) in [6, 6.07) is 21.0. The van der Waals surface area contributed by atoms with Crippen LogP contribution >= 0.6 is 0 Å². The molecule has 0 aliphatic carbocycles. The Hall–Kier alpha value is -4.00. The van der Waals surface area contributed by atoms with Crippen LogP contribution in [0.15, 0.2) is 72.9 Å². The highest BCUT2D eigenvalue weighted by atomic mass is 16.2. The fourth-order valence-corrected chi connectivity index (χ4v) is 4.15. The summed E-state index contributed by atoms with van der Waals surface area (Å²) < 4.78 is 1.73. The number of aromatic nitrogens is 3. The molecular formula is C27H31N5O2. The van der Waals surface area contributed by atoms with E-state index < -0.39 is 0 Å². The molecule has 34 heavy (non-hydrogen) atoms. The van der Waals surface area contributed by atoms with E-state index in [4.69, 9.17) is 0 Å². The SMILES string of the molecule is Cc1cccc(C(=O)NCC[C@H](Cc2ccccc2)N(C)C(=O)c2c(C)nn3ccccc23)n1.[HH]. The molecule has 3 heterocycles. The van der Waals surface area contributed by atoms with Crippen molar-refractivity contribution in [2.24, 2.45) is 0 Å². The van der Waals surface area contributed by atoms with Crippen LogP contribution in [0.3, 0.4) is 0 Å². The van der Waals surface area contributed by atoms with Gasteiger partial charge in [-0.3, -0.25) is 9.59 Å². The average molecular weight is 458 g/mol. The van der Waals surface area contributed by atoms with E-state index in [-0.39, 0.29) is 19.3 Å². The van der Waals surface area contributed by atoms with E-state index in [1.165, 1.54) is 0 Å². The van der Waals surface area contributed by atoms with Crippen molar-refractivity contribution in [1.29, 1.82) is 0 Å². The van der Waals surface area contributed by atoms with Gasteiger partial charge in [0.05, 0.1) is 16.8 Å². The molecule has 4 aromatic rings. The molecule has 0 aliphatic heterocycles. The Balaban J connectivity index is 0.00000342. The molecule has 3 aromatic heterocycles. The van der Waals surface area contributed by atoms with Gasteiger partial charge in [0.15, 0.2) is 0 Å². The van der Waals surface area contributed by atoms with Crippen molar-refractivity contribution in [1.82, 2.24) is 24.8 Å². The molecule has 1 aromatic carbocycles. The van der Waals surface area contributed by atoms with Crippen LogP contribution < -0.4 is 5.32 Å². The van der Waals surface area contributed by atoms with Crippen molar-refractivity contribution < 1.29 is 11.0 Å². The van der Waals surface area contributed by atoms with Gasteiger partial charge >= 0.3 is 0 Å². The van der Waals surface area contributed by atoms with Gasteiger partial charge in [-0.05, 0) is 56.5 Å². The van der Waals surface area contributed by atoms with E-state index in [2.05, 4.69) is 27.5 Å². The first-order chi connectivity index (χ1) is 16.4. The lowest BCUT2D eigenvalue weighted by Crippen LogP contribution is -2.41. The third kappa shape index (κ3) is 5.14. The Bertz CT molecular complexity index is 1310. The number of hydrogen-bond donors (Lipinski definition) is 1. The number of pyridine rings is 2. The maximum Gasteiger partial charge on any atom is 0.269 e. The van der Waals surface area contributed by atoms with Crippen molar-refractivity contribution in [3.05, 3.63) is 101 Å². The summed E-state index contributed by atoms with van der Waals surface area (Å²) in [5, 5.41) is 7.45. The lowest BCUT2D eigenvalue weighted by Gasteiger charge is -2.29. The van der Waals surface area contributed by atoms with Crippen LogP contribution in [0.1, 0.15) is 45.6 Å². The molecule has 0 radical (unpaired) electrons. The molecule has 0 bridgehead atoms. The van der Waals surface area contributed by atoms with E-state index >= 15 is 0 Å². The third-order valence-electron chi connectivity index (χ3n) is 6.00. The molecule has 176 valence electrons. The van der Waals surface area contributed by atoms with Crippen LogP contribution in [-0.4, -0.2) is 50.9 Å². The molecule has 0 aliphatic rings. The fourth-order valence-electron chi connectivity index (χ4n) is 4.15. The van der Waals surface area contributed by atoms with Crippen molar-refractivity contribution in [2.75, 3.05) is 13.6 Å². The van der Waals surface area contributed by atoms with Crippen LogP contribution in [-0.2, 0) is 6.42 Å². The number of carbonyl (C=O) groups is 2. The number of nitrogens with zero attached hydrogens (tertiary/aromatic N) is 4. The summed E-state index contributed by atoms with van der Waals surface area (Å²) in [4.78, 5) is 32.2. The van der Waals surface area contributed by atoms with Crippen molar-refractivity contribution >= 4 is 17.3 Å². The van der Waals surface area contributed by atoms with Gasteiger partial charge in [-0.15, -0.1) is 0 Å². The van der Waals surface area contributed by atoms with Crippen molar-refractivity contribution in [3.63, 3.8) is 0 Å². The summed E-state index contributed by atoms with van der Waals surface area (Å²) in [5.41, 5.74) is 4.41. The second kappa shape index (κ2) is 10.3. The summed E-state index contributed by atoms with van der Waals surface area (Å²) in [6.45, 7) is 4.14. The molecule has 0 saturated heterocycles. The van der Waals surface area contributed by atoms with Gasteiger partial charge in [0.1, 0.15) is 5.69 Å². The van der Waals surface area contributed by atoms with E-state index in [1.54, 1.807) is 15.5 Å². The number of amides is 2. The minimum atomic E-state index is -0.213. The molecule has 2 amide bonds. The third-order valence-corrected chi connectivity index (χ3v) is 6.00. The zero-order valence-electron chi connectivity index (χ0n) is 19.7. The zero-order valence-corrected chi connectivity index (χ0v) is 19.7. The molecule has 7 nitrogen and oxygen atoms in total. The van der Waals surface area contributed by atoms with Crippen LogP contribution in [0.2, 0.25) is 0 Å². The van der Waals surface area contributed by atoms with E-state index in [0.29, 0.717) is 36.3 Å². The van der Waals surface area contributed by atoms with Crippen molar-refractivity contribution in [2.45, 2.75) is 32.7 Å². The standard InChI is InChI=1S/C27H29N5O2.H2/c1-19-10-9-13-23(29-19)26(33)28-16-15-22(18-21-11-5-4-6-12-21)31(3)27(34)25-20(2)30-32-17-8-7-14-24(25)32;/h4-14,17,22H,15-16,18H2,1-3H3,(H,28,33);1H/t22-;/m1./s1. The second-order valence-electron chi connectivity index (χ2n) is 8.46. The number of benzene rings is 1. The minimum Gasteiger partial charge on any atom is -0.351 e. The van der Waals surface area contributed by atoms with Crippen LogP contribution in [0.5, 0.6) is 0 Å². The van der Waals surface area contributed by atoms with Crippen LogP contribution in [0, 0.1) is 13.8 Å².